The van der Waals surface area contributed by atoms with Gasteiger partial charge in [-0.15, -0.1) is 0 Å². The van der Waals surface area contributed by atoms with Crippen molar-refractivity contribution in [1.29, 1.82) is 0 Å². The van der Waals surface area contributed by atoms with Gasteiger partial charge in [-0.1, -0.05) is 30.3 Å². The van der Waals surface area contributed by atoms with Crippen molar-refractivity contribution in [2.45, 2.75) is 18.8 Å². The summed E-state index contributed by atoms with van der Waals surface area (Å²) in [6, 6.07) is 11.4. The number of rotatable bonds is 5. The molecule has 0 amide bonds. The fourth-order valence-corrected chi connectivity index (χ4v) is 2.69. The van der Waals surface area contributed by atoms with E-state index in [1.54, 1.807) is 0 Å². The first-order chi connectivity index (χ1) is 10.0. The molecule has 0 bridgehead atoms. The molecular weight excluding hydrogens is 272 g/mol. The highest BCUT2D eigenvalue weighted by Crippen LogP contribution is 2.30. The standard InChI is InChI=1S/C17H19F2NO/c1-12-4-2-3-5-14(12)17(10-20,11-21)9-13-6-7-15(18)16(19)8-13/h2-8,21H,9-11,20H2,1H3. The van der Waals surface area contributed by atoms with Gasteiger partial charge in [0, 0.05) is 12.0 Å². The third-order valence-corrected chi connectivity index (χ3v) is 3.94. The molecular formula is C17H19F2NO. The highest BCUT2D eigenvalue weighted by Gasteiger charge is 2.32. The smallest absolute Gasteiger partial charge is 0.159 e. The second kappa shape index (κ2) is 6.33. The fourth-order valence-electron chi connectivity index (χ4n) is 2.69. The monoisotopic (exact) mass is 291 g/mol. The van der Waals surface area contributed by atoms with Crippen LogP contribution in [0.25, 0.3) is 0 Å². The van der Waals surface area contributed by atoms with Gasteiger partial charge >= 0.3 is 0 Å². The Morgan fingerprint density at radius 1 is 1.10 bits per heavy atom. The Balaban J connectivity index is 2.43. The number of hydrogen-bond donors (Lipinski definition) is 2. The number of aryl methyl sites for hydroxylation is 1. The van der Waals surface area contributed by atoms with Crippen molar-refractivity contribution in [3.05, 3.63) is 70.8 Å². The first-order valence-corrected chi connectivity index (χ1v) is 6.83. The van der Waals surface area contributed by atoms with Crippen molar-refractivity contribution in [2.75, 3.05) is 13.2 Å². The summed E-state index contributed by atoms with van der Waals surface area (Å²) in [6.45, 7) is 2.00. The molecule has 2 aromatic rings. The van der Waals surface area contributed by atoms with Crippen LogP contribution < -0.4 is 5.73 Å². The van der Waals surface area contributed by atoms with Gasteiger partial charge in [-0.25, -0.2) is 8.78 Å². The van der Waals surface area contributed by atoms with E-state index in [1.165, 1.54) is 6.07 Å². The maximum atomic E-state index is 13.4. The largest absolute Gasteiger partial charge is 0.395 e. The van der Waals surface area contributed by atoms with Gasteiger partial charge < -0.3 is 10.8 Å². The molecule has 0 aliphatic heterocycles. The van der Waals surface area contributed by atoms with Crippen LogP contribution in [0.2, 0.25) is 0 Å². The average molecular weight is 291 g/mol. The molecule has 2 aromatic carbocycles. The average Bonchev–Trinajstić information content (AvgIpc) is 2.49. The summed E-state index contributed by atoms with van der Waals surface area (Å²) in [6.07, 6.45) is 0.349. The Labute approximate surface area is 123 Å². The molecule has 0 heterocycles. The van der Waals surface area contributed by atoms with Crippen LogP contribution in [0.1, 0.15) is 16.7 Å². The lowest BCUT2D eigenvalue weighted by atomic mass is 9.74. The van der Waals surface area contributed by atoms with Gasteiger partial charge in [0.15, 0.2) is 11.6 Å². The van der Waals surface area contributed by atoms with Crippen molar-refractivity contribution in [2.24, 2.45) is 5.73 Å². The molecule has 1 atom stereocenters. The highest BCUT2D eigenvalue weighted by molar-refractivity contribution is 5.36. The maximum Gasteiger partial charge on any atom is 0.159 e. The maximum absolute atomic E-state index is 13.4. The minimum absolute atomic E-state index is 0.159. The second-order valence-electron chi connectivity index (χ2n) is 5.38. The van der Waals surface area contributed by atoms with Gasteiger partial charge in [0.25, 0.3) is 0 Å². The van der Waals surface area contributed by atoms with Crippen molar-refractivity contribution in [3.8, 4) is 0 Å². The number of aliphatic hydroxyl groups is 1. The first-order valence-electron chi connectivity index (χ1n) is 6.83. The van der Waals surface area contributed by atoms with E-state index in [2.05, 4.69) is 0 Å². The first kappa shape index (κ1) is 15.6. The summed E-state index contributed by atoms with van der Waals surface area (Å²) in [5.41, 5.74) is 7.76. The van der Waals surface area contributed by atoms with Gasteiger partial charge in [-0.05, 0) is 42.2 Å². The van der Waals surface area contributed by atoms with Crippen molar-refractivity contribution in [3.63, 3.8) is 0 Å². The van der Waals surface area contributed by atoms with E-state index in [1.807, 2.05) is 31.2 Å². The van der Waals surface area contributed by atoms with Crippen molar-refractivity contribution < 1.29 is 13.9 Å². The van der Waals surface area contributed by atoms with Crippen LogP contribution in [0.3, 0.4) is 0 Å². The van der Waals surface area contributed by atoms with E-state index in [0.29, 0.717) is 12.0 Å². The Morgan fingerprint density at radius 2 is 1.81 bits per heavy atom. The number of nitrogens with two attached hydrogens (primary N) is 1. The molecule has 0 fully saturated rings. The molecule has 2 rings (SSSR count). The number of hydrogen-bond acceptors (Lipinski definition) is 2. The summed E-state index contributed by atoms with van der Waals surface area (Å²) >= 11 is 0. The van der Waals surface area contributed by atoms with E-state index in [0.717, 1.165) is 23.3 Å². The number of benzene rings is 2. The lowest BCUT2D eigenvalue weighted by Gasteiger charge is -2.32. The van der Waals surface area contributed by atoms with Crippen LogP contribution in [0.4, 0.5) is 8.78 Å². The molecule has 21 heavy (non-hydrogen) atoms. The summed E-state index contributed by atoms with van der Waals surface area (Å²) in [5, 5.41) is 9.89. The third kappa shape index (κ3) is 3.12. The second-order valence-corrected chi connectivity index (χ2v) is 5.38. The molecule has 1 unspecified atom stereocenters. The van der Waals surface area contributed by atoms with Crippen LogP contribution in [0.5, 0.6) is 0 Å². The molecule has 0 aliphatic carbocycles. The zero-order chi connectivity index (χ0) is 15.5. The Kier molecular flexibility index (Phi) is 4.70. The van der Waals surface area contributed by atoms with E-state index in [4.69, 9.17) is 5.73 Å². The van der Waals surface area contributed by atoms with E-state index in [-0.39, 0.29) is 13.2 Å². The topological polar surface area (TPSA) is 46.2 Å². The summed E-state index contributed by atoms with van der Waals surface area (Å²) in [5.74, 6) is -1.77. The number of aliphatic hydroxyl groups excluding tert-OH is 1. The van der Waals surface area contributed by atoms with Gasteiger partial charge in [-0.2, -0.15) is 0 Å². The Hall–Kier alpha value is -1.78. The zero-order valence-corrected chi connectivity index (χ0v) is 11.9. The van der Waals surface area contributed by atoms with E-state index in [9.17, 15) is 13.9 Å². The Morgan fingerprint density at radius 3 is 2.38 bits per heavy atom. The van der Waals surface area contributed by atoms with Crippen LogP contribution in [0, 0.1) is 18.6 Å². The minimum atomic E-state index is -0.888. The SMILES string of the molecule is Cc1ccccc1C(CN)(CO)Cc1ccc(F)c(F)c1. The molecule has 4 heteroatoms. The van der Waals surface area contributed by atoms with Crippen molar-refractivity contribution >= 4 is 0 Å². The highest BCUT2D eigenvalue weighted by atomic mass is 19.2. The van der Waals surface area contributed by atoms with Gasteiger partial charge in [-0.3, -0.25) is 0 Å². The molecule has 0 aromatic heterocycles. The molecule has 2 nitrogen and oxygen atoms in total. The summed E-state index contributed by atoms with van der Waals surface area (Å²) in [7, 11) is 0. The van der Waals surface area contributed by atoms with Gasteiger partial charge in [0.1, 0.15) is 0 Å². The molecule has 112 valence electrons. The molecule has 0 spiro atoms. The predicted octanol–water partition coefficient (Wildman–Crippen LogP) is 2.70. The minimum Gasteiger partial charge on any atom is -0.395 e. The molecule has 0 radical (unpaired) electrons. The lowest BCUT2D eigenvalue weighted by Crippen LogP contribution is -2.41. The van der Waals surface area contributed by atoms with Gasteiger partial charge in [0.05, 0.1) is 6.61 Å². The van der Waals surface area contributed by atoms with E-state index >= 15 is 0 Å². The molecule has 0 saturated heterocycles. The lowest BCUT2D eigenvalue weighted by molar-refractivity contribution is 0.195. The van der Waals surface area contributed by atoms with Crippen LogP contribution in [-0.2, 0) is 11.8 Å². The van der Waals surface area contributed by atoms with Gasteiger partial charge in [0.2, 0.25) is 0 Å². The third-order valence-electron chi connectivity index (χ3n) is 3.94. The summed E-state index contributed by atoms with van der Waals surface area (Å²) < 4.78 is 26.4. The molecule has 0 aliphatic rings. The van der Waals surface area contributed by atoms with E-state index < -0.39 is 17.0 Å². The zero-order valence-electron chi connectivity index (χ0n) is 11.9. The Bertz CT molecular complexity index is 624. The number of halogens is 2. The van der Waals surface area contributed by atoms with Crippen molar-refractivity contribution in [1.82, 2.24) is 0 Å². The predicted molar refractivity (Wildman–Crippen MR) is 79.1 cm³/mol. The van der Waals surface area contributed by atoms with Crippen LogP contribution in [0.15, 0.2) is 42.5 Å². The van der Waals surface area contributed by atoms with Crippen LogP contribution in [-0.4, -0.2) is 18.3 Å². The molecule has 0 saturated carbocycles. The molecule has 3 N–H and O–H groups in total. The normalized spacial score (nSPS) is 14.0. The quantitative estimate of drug-likeness (QED) is 0.889. The summed E-state index contributed by atoms with van der Waals surface area (Å²) in [4.78, 5) is 0. The van der Waals surface area contributed by atoms with Crippen LogP contribution >= 0.6 is 0 Å². The fraction of sp³-hybridized carbons (Fsp3) is 0.294.